The predicted octanol–water partition coefficient (Wildman–Crippen LogP) is 0.727. The summed E-state index contributed by atoms with van der Waals surface area (Å²) < 4.78 is 12.0. The number of rotatable bonds is 3. The molecule has 0 aromatic heterocycles. The minimum absolute atomic E-state index is 0.00985. The highest BCUT2D eigenvalue weighted by atomic mass is 16.5. The molecule has 8 atom stereocenters. The van der Waals surface area contributed by atoms with E-state index in [1.807, 2.05) is 6.92 Å². The Morgan fingerprint density at radius 2 is 1.74 bits per heavy atom. The first-order valence-corrected chi connectivity index (χ1v) is 14.3. The van der Waals surface area contributed by atoms with Gasteiger partial charge in [-0.2, -0.15) is 0 Å². The van der Waals surface area contributed by atoms with Crippen molar-refractivity contribution in [1.29, 1.82) is 0 Å². The summed E-state index contributed by atoms with van der Waals surface area (Å²) in [6, 6.07) is 4.00. The van der Waals surface area contributed by atoms with Crippen molar-refractivity contribution in [1.82, 2.24) is 0 Å². The Morgan fingerprint density at radius 3 is 2.40 bits per heavy atom. The molecule has 224 valence electrons. The van der Waals surface area contributed by atoms with E-state index in [4.69, 9.17) is 20.9 Å². The summed E-state index contributed by atoms with van der Waals surface area (Å²) in [5.41, 5.74) is 9.54. The number of aliphatic hydroxyl groups is 3. The van der Waals surface area contributed by atoms with E-state index in [2.05, 4.69) is 0 Å². The van der Waals surface area contributed by atoms with Crippen LogP contribution < -0.4 is 16.2 Å². The summed E-state index contributed by atoms with van der Waals surface area (Å²) in [5.74, 6) is -3.66. The summed E-state index contributed by atoms with van der Waals surface area (Å²) in [4.78, 5) is 41.2. The molecule has 0 heterocycles. The summed E-state index contributed by atoms with van der Waals surface area (Å²) in [5, 5.41) is 44.5. The number of aromatic hydroxyl groups is 1. The van der Waals surface area contributed by atoms with Crippen LogP contribution in [0.5, 0.6) is 11.5 Å². The van der Waals surface area contributed by atoms with E-state index in [0.29, 0.717) is 6.42 Å². The number of hydrogen-bond donors (Lipinski definition) is 6. The maximum atomic E-state index is 14.1. The van der Waals surface area contributed by atoms with E-state index in [1.54, 1.807) is 19.1 Å². The number of benzene rings is 2. The molecule has 8 N–H and O–H groups in total. The van der Waals surface area contributed by atoms with E-state index >= 15 is 0 Å². The number of nitrogens with two attached hydrogens (primary N) is 2. The summed E-state index contributed by atoms with van der Waals surface area (Å²) in [6.07, 6.45) is -2.48. The van der Waals surface area contributed by atoms with Gasteiger partial charge >= 0.3 is 0 Å². The number of ether oxygens (including phenoxy) is 2. The molecule has 0 bridgehead atoms. The first kappa shape index (κ1) is 28.9. The molecule has 2 aromatic carbocycles. The number of ketones is 3. The average Bonchev–Trinajstić information content (AvgIpc) is 2.94. The van der Waals surface area contributed by atoms with Gasteiger partial charge in [-0.1, -0.05) is 19.1 Å². The van der Waals surface area contributed by atoms with Gasteiger partial charge < -0.3 is 35.6 Å². The Kier molecular flexibility index (Phi) is 6.65. The fourth-order valence-corrected chi connectivity index (χ4v) is 7.92. The molecule has 0 amide bonds. The Morgan fingerprint density at radius 1 is 1.02 bits per heavy atom. The molecule has 0 radical (unpaired) electrons. The molecule has 2 saturated carbocycles. The molecular formula is C31H36N2O9. The van der Waals surface area contributed by atoms with Gasteiger partial charge in [0.05, 0.1) is 30.4 Å². The van der Waals surface area contributed by atoms with E-state index in [9.17, 15) is 34.8 Å². The zero-order chi connectivity index (χ0) is 30.5. The maximum Gasteiger partial charge on any atom is 0.198 e. The first-order chi connectivity index (χ1) is 19.8. The largest absolute Gasteiger partial charge is 0.507 e. The third-order valence-electron chi connectivity index (χ3n) is 9.94. The molecule has 2 aromatic rings. The van der Waals surface area contributed by atoms with Gasteiger partial charge in [0.15, 0.2) is 17.3 Å². The van der Waals surface area contributed by atoms with Crippen LogP contribution in [0, 0.1) is 18.8 Å². The molecular weight excluding hydrogens is 544 g/mol. The zero-order valence-electron chi connectivity index (χ0n) is 23.7. The van der Waals surface area contributed by atoms with Crippen LogP contribution in [0.2, 0.25) is 0 Å². The number of carbonyl (C=O) groups excluding carboxylic acids is 3. The second-order valence-corrected chi connectivity index (χ2v) is 12.4. The number of phenols is 1. The lowest BCUT2D eigenvalue weighted by molar-refractivity contribution is -0.220. The van der Waals surface area contributed by atoms with Gasteiger partial charge in [0.1, 0.15) is 28.9 Å². The molecule has 6 rings (SSSR count). The highest BCUT2D eigenvalue weighted by Gasteiger charge is 2.63. The normalized spacial score (nSPS) is 35.7. The van der Waals surface area contributed by atoms with E-state index in [0.717, 1.165) is 0 Å². The van der Waals surface area contributed by atoms with E-state index in [1.165, 1.54) is 13.2 Å². The quantitative estimate of drug-likeness (QED) is 0.238. The van der Waals surface area contributed by atoms with Crippen LogP contribution in [0.25, 0.3) is 0 Å². The van der Waals surface area contributed by atoms with Gasteiger partial charge in [-0.05, 0) is 50.2 Å². The minimum Gasteiger partial charge on any atom is -0.507 e. The number of methoxy groups -OCH3 is 1. The van der Waals surface area contributed by atoms with Crippen LogP contribution >= 0.6 is 0 Å². The van der Waals surface area contributed by atoms with E-state index in [-0.39, 0.29) is 69.9 Å². The highest BCUT2D eigenvalue weighted by Crippen LogP contribution is 2.55. The van der Waals surface area contributed by atoms with Crippen molar-refractivity contribution < 1.29 is 44.3 Å². The average molecular weight is 581 g/mol. The van der Waals surface area contributed by atoms with E-state index < -0.39 is 71.1 Å². The third-order valence-corrected chi connectivity index (χ3v) is 9.94. The Labute approximate surface area is 242 Å². The molecule has 42 heavy (non-hydrogen) atoms. The van der Waals surface area contributed by atoms with Gasteiger partial charge in [0.2, 0.25) is 0 Å². The summed E-state index contributed by atoms with van der Waals surface area (Å²) >= 11 is 0. The fraction of sp³-hybridized carbons (Fsp3) is 0.516. The third kappa shape index (κ3) is 3.78. The Hall–Kier alpha value is -3.19. The lowest BCUT2D eigenvalue weighted by atomic mass is 9.58. The zero-order valence-corrected chi connectivity index (χ0v) is 23.7. The number of phenolic OH excluding ortho intramolecular Hbond substituents is 1. The van der Waals surface area contributed by atoms with Crippen molar-refractivity contribution in [2.24, 2.45) is 23.3 Å². The number of hydrogen-bond acceptors (Lipinski definition) is 11. The van der Waals surface area contributed by atoms with Crippen LogP contribution in [0.15, 0.2) is 18.2 Å². The van der Waals surface area contributed by atoms with Crippen LogP contribution in [-0.4, -0.2) is 74.8 Å². The molecule has 4 aliphatic rings. The van der Waals surface area contributed by atoms with Gasteiger partial charge in [0, 0.05) is 40.6 Å². The molecule has 11 heteroatoms. The van der Waals surface area contributed by atoms with Crippen LogP contribution in [-0.2, 0) is 21.7 Å². The number of fused-ring (bicyclic) bond motifs is 4. The SMILES string of the molecule is COc1cccc2c1C(=O)c1c(C)c3c(c(O)c1C2=O)C[C@@]1(O)C(=O)C(O)CCC1C3(N)O[C@@H]1CC(C)C(O)C(N)C1. The van der Waals surface area contributed by atoms with Gasteiger partial charge in [0.25, 0.3) is 0 Å². The minimum atomic E-state index is -2.22. The van der Waals surface area contributed by atoms with Crippen LogP contribution in [0.3, 0.4) is 0 Å². The number of carbonyl (C=O) groups is 3. The van der Waals surface area contributed by atoms with Gasteiger partial charge in [-0.3, -0.25) is 20.1 Å². The maximum absolute atomic E-state index is 14.1. The second-order valence-electron chi connectivity index (χ2n) is 12.4. The number of aliphatic hydroxyl groups excluding tert-OH is 2. The lowest BCUT2D eigenvalue weighted by Gasteiger charge is -2.55. The first-order valence-electron chi connectivity index (χ1n) is 14.3. The van der Waals surface area contributed by atoms with Crippen LogP contribution in [0.1, 0.15) is 81.1 Å². The lowest BCUT2D eigenvalue weighted by Crippen LogP contribution is -2.68. The van der Waals surface area contributed by atoms with Crippen molar-refractivity contribution in [2.75, 3.05) is 7.11 Å². The van der Waals surface area contributed by atoms with Crippen molar-refractivity contribution in [2.45, 2.75) is 81.6 Å². The predicted molar refractivity (Wildman–Crippen MR) is 148 cm³/mol. The summed E-state index contributed by atoms with van der Waals surface area (Å²) in [6.45, 7) is 3.44. The Balaban J connectivity index is 1.60. The number of Topliss-reactive ketones (excluding diaryl/α,β-unsaturated/α-hetero) is 1. The smallest absolute Gasteiger partial charge is 0.198 e. The van der Waals surface area contributed by atoms with Crippen molar-refractivity contribution in [3.8, 4) is 11.5 Å². The van der Waals surface area contributed by atoms with Crippen molar-refractivity contribution in [3.05, 3.63) is 57.1 Å². The van der Waals surface area contributed by atoms with Crippen molar-refractivity contribution >= 4 is 17.3 Å². The molecule has 2 fully saturated rings. The van der Waals surface area contributed by atoms with Gasteiger partial charge in [-0.25, -0.2) is 0 Å². The summed E-state index contributed by atoms with van der Waals surface area (Å²) in [7, 11) is 1.39. The van der Waals surface area contributed by atoms with Crippen molar-refractivity contribution in [3.63, 3.8) is 0 Å². The molecule has 0 aliphatic heterocycles. The molecule has 0 spiro atoms. The topological polar surface area (TPSA) is 203 Å². The molecule has 4 aliphatic carbocycles. The second kappa shape index (κ2) is 9.66. The molecule has 6 unspecified atom stereocenters. The monoisotopic (exact) mass is 580 g/mol. The standard InChI is InChI=1S/C31H36N2O9/c1-12-9-14(10-17(32)25(12)35)42-31(33)20-8-7-18(34)29(39)30(20,40)11-16-24(31)13(2)21-23(27(16)37)26(36)15-5-4-6-19(41-3)22(15)28(21)38/h4-6,12,14,17-18,20,25,34-35,37,40H,7-11,32-33H2,1-3H3/t12?,14-,17?,18?,20?,25?,30+,31?/m1/s1. The highest BCUT2D eigenvalue weighted by molar-refractivity contribution is 6.31. The molecule has 0 saturated heterocycles. The van der Waals surface area contributed by atoms with Crippen LogP contribution in [0.4, 0.5) is 0 Å². The molecule has 11 nitrogen and oxygen atoms in total. The Bertz CT molecular complexity index is 1530. The van der Waals surface area contributed by atoms with Gasteiger partial charge in [-0.15, -0.1) is 0 Å². The fourth-order valence-electron chi connectivity index (χ4n) is 7.92.